The fraction of sp³-hybridized carbons (Fsp3) is 0.350. The third-order valence-electron chi connectivity index (χ3n) is 4.96. The van der Waals surface area contributed by atoms with Crippen LogP contribution in [0.1, 0.15) is 47.0 Å². The van der Waals surface area contributed by atoms with Crippen molar-refractivity contribution in [1.29, 1.82) is 0 Å². The largest absolute Gasteiger partial charge is 0.340 e. The van der Waals surface area contributed by atoms with E-state index in [4.69, 9.17) is 4.98 Å². The summed E-state index contributed by atoms with van der Waals surface area (Å²) in [7, 11) is 0. The Hall–Kier alpha value is -2.09. The number of hydrogen-bond acceptors (Lipinski definition) is 1. The van der Waals surface area contributed by atoms with Gasteiger partial charge in [-0.1, -0.05) is 30.3 Å². The fourth-order valence-electron chi connectivity index (χ4n) is 3.60. The summed E-state index contributed by atoms with van der Waals surface area (Å²) in [5, 5.41) is 1.42. The molecule has 2 heteroatoms. The molecule has 1 saturated carbocycles. The van der Waals surface area contributed by atoms with Gasteiger partial charge in [0.1, 0.15) is 0 Å². The van der Waals surface area contributed by atoms with Crippen LogP contribution in [0.25, 0.3) is 10.9 Å². The summed E-state index contributed by atoms with van der Waals surface area (Å²) in [6.45, 7) is 6.71. The van der Waals surface area contributed by atoms with Crippen molar-refractivity contribution >= 4 is 10.9 Å². The molecule has 0 N–H and O–H groups in total. The Morgan fingerprint density at radius 1 is 1.09 bits per heavy atom. The number of rotatable bonds is 3. The molecule has 3 aromatic rings. The number of pyridine rings is 1. The van der Waals surface area contributed by atoms with Crippen LogP contribution in [0.2, 0.25) is 0 Å². The van der Waals surface area contributed by atoms with Crippen molar-refractivity contribution < 1.29 is 0 Å². The highest BCUT2D eigenvalue weighted by atomic mass is 15.1. The Balaban J connectivity index is 1.95. The first kappa shape index (κ1) is 13.6. The highest BCUT2D eigenvalue weighted by molar-refractivity contribution is 5.90. The van der Waals surface area contributed by atoms with E-state index in [9.17, 15) is 0 Å². The van der Waals surface area contributed by atoms with Gasteiger partial charge in [-0.2, -0.15) is 0 Å². The zero-order chi connectivity index (χ0) is 15.3. The number of nitrogens with zero attached hydrogens (tertiary/aromatic N) is 2. The average Bonchev–Trinajstić information content (AvgIpc) is 3.31. The zero-order valence-electron chi connectivity index (χ0n) is 13.6. The second kappa shape index (κ2) is 4.98. The van der Waals surface area contributed by atoms with Gasteiger partial charge in [0, 0.05) is 29.7 Å². The van der Waals surface area contributed by atoms with Gasteiger partial charge < -0.3 is 4.57 Å². The van der Waals surface area contributed by atoms with Gasteiger partial charge in [0.2, 0.25) is 0 Å². The highest BCUT2D eigenvalue weighted by Gasteiger charge is 2.29. The van der Waals surface area contributed by atoms with Gasteiger partial charge >= 0.3 is 0 Å². The maximum Gasteiger partial charge on any atom is 0.0713 e. The van der Waals surface area contributed by atoms with Crippen LogP contribution in [-0.2, 0) is 6.42 Å². The minimum absolute atomic E-state index is 0.689. The van der Waals surface area contributed by atoms with Gasteiger partial charge in [-0.3, -0.25) is 4.98 Å². The number of hydrogen-bond donors (Lipinski definition) is 0. The van der Waals surface area contributed by atoms with E-state index in [1.807, 2.05) is 6.20 Å². The lowest BCUT2D eigenvalue weighted by Crippen LogP contribution is -2.02. The van der Waals surface area contributed by atoms with E-state index in [-0.39, 0.29) is 0 Å². The molecule has 112 valence electrons. The van der Waals surface area contributed by atoms with Gasteiger partial charge in [-0.25, -0.2) is 0 Å². The molecule has 22 heavy (non-hydrogen) atoms. The molecule has 1 aliphatic rings. The fourth-order valence-corrected chi connectivity index (χ4v) is 3.60. The molecule has 1 aliphatic carbocycles. The maximum absolute atomic E-state index is 4.81. The smallest absolute Gasteiger partial charge is 0.0713 e. The van der Waals surface area contributed by atoms with Crippen molar-refractivity contribution in [2.45, 2.75) is 46.1 Å². The average molecular weight is 290 g/mol. The summed E-state index contributed by atoms with van der Waals surface area (Å²) in [4.78, 5) is 4.81. The van der Waals surface area contributed by atoms with Crippen molar-refractivity contribution in [3.05, 3.63) is 64.6 Å². The molecule has 2 nitrogen and oxygen atoms in total. The second-order valence-electron chi connectivity index (χ2n) is 6.59. The Kier molecular flexibility index (Phi) is 3.07. The van der Waals surface area contributed by atoms with Gasteiger partial charge in [-0.15, -0.1) is 0 Å². The molecule has 0 atom stereocenters. The topological polar surface area (TPSA) is 17.8 Å². The monoisotopic (exact) mass is 290 g/mol. The molecule has 0 unspecified atom stereocenters. The summed E-state index contributed by atoms with van der Waals surface area (Å²) < 4.78 is 2.56. The van der Waals surface area contributed by atoms with Crippen LogP contribution in [0.3, 0.4) is 0 Å². The van der Waals surface area contributed by atoms with Crippen molar-refractivity contribution in [2.75, 3.05) is 0 Å². The summed E-state index contributed by atoms with van der Waals surface area (Å²) in [6.07, 6.45) is 5.57. The second-order valence-corrected chi connectivity index (χ2v) is 6.59. The number of fused-ring (bicyclic) bond motifs is 1. The number of aryl methyl sites for hydroxylation is 2. The molecule has 0 radical (unpaired) electrons. The van der Waals surface area contributed by atoms with Gasteiger partial charge in [0.25, 0.3) is 0 Å². The van der Waals surface area contributed by atoms with Gasteiger partial charge in [0.15, 0.2) is 0 Å². The van der Waals surface area contributed by atoms with Crippen molar-refractivity contribution in [2.24, 2.45) is 0 Å². The molecule has 0 amide bonds. The molecule has 0 spiro atoms. The Morgan fingerprint density at radius 3 is 2.50 bits per heavy atom. The molecule has 2 aromatic heterocycles. The molecule has 4 rings (SSSR count). The van der Waals surface area contributed by atoms with E-state index < -0.39 is 0 Å². The van der Waals surface area contributed by atoms with Crippen LogP contribution in [-0.4, -0.2) is 9.55 Å². The van der Waals surface area contributed by atoms with E-state index in [2.05, 4.69) is 55.7 Å². The predicted octanol–water partition coefficient (Wildman–Crippen LogP) is 4.89. The lowest BCUT2D eigenvalue weighted by Gasteiger charge is -2.11. The number of benzene rings is 1. The molecule has 0 bridgehead atoms. The van der Waals surface area contributed by atoms with E-state index in [1.165, 1.54) is 51.8 Å². The van der Waals surface area contributed by atoms with Crippen LogP contribution in [0.5, 0.6) is 0 Å². The normalized spacial score (nSPS) is 14.7. The quantitative estimate of drug-likeness (QED) is 0.671. The summed E-state index contributed by atoms with van der Waals surface area (Å²) >= 11 is 0. The Labute approximate surface area is 131 Å². The summed E-state index contributed by atoms with van der Waals surface area (Å²) in [6, 6.07) is 11.4. The first-order chi connectivity index (χ1) is 10.7. The molecular formula is C20H22N2. The Morgan fingerprint density at radius 2 is 1.82 bits per heavy atom. The van der Waals surface area contributed by atoms with Crippen LogP contribution >= 0.6 is 0 Å². The lowest BCUT2D eigenvalue weighted by molar-refractivity contribution is 0.740. The first-order valence-corrected chi connectivity index (χ1v) is 8.16. The molecule has 1 aromatic carbocycles. The third kappa shape index (κ3) is 2.06. The molecule has 2 heterocycles. The zero-order valence-corrected chi connectivity index (χ0v) is 13.6. The van der Waals surface area contributed by atoms with E-state index in [0.29, 0.717) is 6.04 Å². The van der Waals surface area contributed by atoms with E-state index in [0.717, 1.165) is 6.42 Å². The van der Waals surface area contributed by atoms with Crippen LogP contribution in [0, 0.1) is 20.8 Å². The first-order valence-electron chi connectivity index (χ1n) is 8.16. The van der Waals surface area contributed by atoms with Crippen molar-refractivity contribution in [3.63, 3.8) is 0 Å². The standard InChI is InChI=1S/C20H22N2/c1-13-12-21-18(11-16-7-5-4-6-8-16)20-19(13)14(2)15(3)22(20)17-9-10-17/h4-8,12,17H,9-11H2,1-3H3. The van der Waals surface area contributed by atoms with Crippen molar-refractivity contribution in [3.8, 4) is 0 Å². The van der Waals surface area contributed by atoms with Crippen LogP contribution < -0.4 is 0 Å². The van der Waals surface area contributed by atoms with E-state index in [1.54, 1.807) is 0 Å². The predicted molar refractivity (Wildman–Crippen MR) is 91.5 cm³/mol. The minimum atomic E-state index is 0.689. The minimum Gasteiger partial charge on any atom is -0.340 e. The molecular weight excluding hydrogens is 268 g/mol. The van der Waals surface area contributed by atoms with Gasteiger partial charge in [-0.05, 0) is 50.3 Å². The highest BCUT2D eigenvalue weighted by Crippen LogP contribution is 2.42. The third-order valence-corrected chi connectivity index (χ3v) is 4.96. The van der Waals surface area contributed by atoms with Crippen LogP contribution in [0.4, 0.5) is 0 Å². The summed E-state index contributed by atoms with van der Waals surface area (Å²) in [5.41, 5.74) is 8.07. The summed E-state index contributed by atoms with van der Waals surface area (Å²) in [5.74, 6) is 0. The molecule has 0 saturated heterocycles. The van der Waals surface area contributed by atoms with Crippen LogP contribution in [0.15, 0.2) is 36.5 Å². The maximum atomic E-state index is 4.81. The SMILES string of the molecule is Cc1cnc(Cc2ccccc2)c2c1c(C)c(C)n2C1CC1. The Bertz CT molecular complexity index is 839. The lowest BCUT2D eigenvalue weighted by atomic mass is 10.0. The van der Waals surface area contributed by atoms with E-state index >= 15 is 0 Å². The molecule has 0 aliphatic heterocycles. The number of aromatic nitrogens is 2. The van der Waals surface area contributed by atoms with Gasteiger partial charge in [0.05, 0.1) is 11.2 Å². The molecule has 1 fully saturated rings. The van der Waals surface area contributed by atoms with Crippen molar-refractivity contribution in [1.82, 2.24) is 9.55 Å².